The Labute approximate surface area is 76.3 Å². The molecule has 0 aliphatic rings. The molecule has 11 heteroatoms. The number of carbonyl (C=O) groups is 1. The topological polar surface area (TPSA) is 65.8 Å². The maximum atomic E-state index is 12.2. The summed E-state index contributed by atoms with van der Waals surface area (Å²) in [6, 6.07) is -5.77. The molecule has 15 heavy (non-hydrogen) atoms. The summed E-state index contributed by atoms with van der Waals surface area (Å²) in [6.45, 7) is 0. The SMILES string of the molecule is [N-]=[N+]=NC(F)(F)C(F)(F)C(=O)C(F)(F)F. The van der Waals surface area contributed by atoms with E-state index in [-0.39, 0.29) is 0 Å². The highest BCUT2D eigenvalue weighted by Gasteiger charge is 2.68. The van der Waals surface area contributed by atoms with E-state index in [9.17, 15) is 35.5 Å². The summed E-state index contributed by atoms with van der Waals surface area (Å²) in [7, 11) is 0. The lowest BCUT2D eigenvalue weighted by Crippen LogP contribution is -2.51. The number of azide groups is 1. The van der Waals surface area contributed by atoms with Gasteiger partial charge in [0.25, 0.3) is 0 Å². The molecule has 0 unspecified atom stereocenters. The summed E-state index contributed by atoms with van der Waals surface area (Å²) in [5.74, 6) is -10.1. The standard InChI is InChI=1S/C4F7N3O/c5-2(6,1(15)3(7,8)9)4(10,11)13-14-12. The van der Waals surface area contributed by atoms with E-state index in [1.165, 1.54) is 4.91 Å². The summed E-state index contributed by atoms with van der Waals surface area (Å²) in [5.41, 5.74) is 7.40. The van der Waals surface area contributed by atoms with Crippen molar-refractivity contribution in [3.05, 3.63) is 10.4 Å². The first-order valence-electron chi connectivity index (χ1n) is 2.90. The molecule has 4 nitrogen and oxygen atoms in total. The number of hydrogen-bond acceptors (Lipinski definition) is 2. The van der Waals surface area contributed by atoms with Gasteiger partial charge in [0.05, 0.1) is 0 Å². The highest BCUT2D eigenvalue weighted by Crippen LogP contribution is 2.40. The van der Waals surface area contributed by atoms with Gasteiger partial charge in [0.15, 0.2) is 0 Å². The second kappa shape index (κ2) is 3.57. The van der Waals surface area contributed by atoms with Crippen molar-refractivity contribution in [2.75, 3.05) is 0 Å². The minimum Gasteiger partial charge on any atom is -0.282 e. The van der Waals surface area contributed by atoms with Gasteiger partial charge < -0.3 is 0 Å². The number of Topliss-reactive ketones (excluding diaryl/α,β-unsaturated/α-hetero) is 1. The van der Waals surface area contributed by atoms with Crippen molar-refractivity contribution in [2.45, 2.75) is 18.1 Å². The Morgan fingerprint density at radius 3 is 1.73 bits per heavy atom. The fourth-order valence-corrected chi connectivity index (χ4v) is 0.434. The molecule has 0 atom stereocenters. The van der Waals surface area contributed by atoms with Crippen LogP contribution in [0.3, 0.4) is 0 Å². The molecule has 0 heterocycles. The van der Waals surface area contributed by atoms with Crippen molar-refractivity contribution in [2.24, 2.45) is 5.11 Å². The van der Waals surface area contributed by atoms with Gasteiger partial charge in [0.2, 0.25) is 0 Å². The maximum Gasteiger partial charge on any atom is 0.456 e. The Morgan fingerprint density at radius 2 is 1.47 bits per heavy atom. The number of nitrogens with zero attached hydrogens (tertiary/aromatic N) is 3. The van der Waals surface area contributed by atoms with Crippen molar-refractivity contribution in [3.8, 4) is 0 Å². The first-order valence-corrected chi connectivity index (χ1v) is 2.90. The Balaban J connectivity index is 5.32. The third-order valence-corrected chi connectivity index (χ3v) is 1.09. The van der Waals surface area contributed by atoms with Gasteiger partial charge in [-0.25, -0.2) is 0 Å². The molecule has 0 aliphatic carbocycles. The smallest absolute Gasteiger partial charge is 0.282 e. The second-order valence-electron chi connectivity index (χ2n) is 2.13. The average molecular weight is 239 g/mol. The molecule has 86 valence electrons. The van der Waals surface area contributed by atoms with Crippen LogP contribution in [0.1, 0.15) is 0 Å². The third-order valence-electron chi connectivity index (χ3n) is 1.09. The van der Waals surface area contributed by atoms with E-state index >= 15 is 0 Å². The summed E-state index contributed by atoms with van der Waals surface area (Å²) in [6.07, 6.45) is -6.15. The van der Waals surface area contributed by atoms with Crippen LogP contribution in [-0.2, 0) is 4.79 Å². The number of ketones is 1. The quantitative estimate of drug-likeness (QED) is 0.245. The van der Waals surface area contributed by atoms with Crippen molar-refractivity contribution in [1.82, 2.24) is 0 Å². The van der Waals surface area contributed by atoms with Crippen LogP contribution >= 0.6 is 0 Å². The summed E-state index contributed by atoms with van der Waals surface area (Å²) >= 11 is 0. The molecule has 0 spiro atoms. The first-order chi connectivity index (χ1) is 6.47. The van der Waals surface area contributed by atoms with Crippen LogP contribution in [0, 0.1) is 0 Å². The van der Waals surface area contributed by atoms with Crippen molar-refractivity contribution in [1.29, 1.82) is 0 Å². The van der Waals surface area contributed by atoms with Gasteiger partial charge in [-0.1, -0.05) is 0 Å². The molecule has 0 fully saturated rings. The normalized spacial score (nSPS) is 13.3. The summed E-state index contributed by atoms with van der Waals surface area (Å²) in [5, 5.41) is 1.14. The van der Waals surface area contributed by atoms with Crippen LogP contribution in [0.25, 0.3) is 10.4 Å². The minimum atomic E-state index is -6.15. The number of carbonyl (C=O) groups excluding carboxylic acids is 1. The van der Waals surface area contributed by atoms with Gasteiger partial charge in [-0.2, -0.15) is 30.7 Å². The average Bonchev–Trinajstić information content (AvgIpc) is 2.00. The first kappa shape index (κ1) is 13.5. The Hall–Kier alpha value is -1.51. The van der Waals surface area contributed by atoms with Gasteiger partial charge in [0.1, 0.15) is 0 Å². The molecule has 0 aliphatic heterocycles. The van der Waals surface area contributed by atoms with E-state index < -0.39 is 23.9 Å². The van der Waals surface area contributed by atoms with Gasteiger partial charge in [-0.15, -0.1) is 0 Å². The van der Waals surface area contributed by atoms with Crippen molar-refractivity contribution >= 4 is 5.78 Å². The maximum absolute atomic E-state index is 12.2. The molecule has 0 aromatic rings. The Morgan fingerprint density at radius 1 is 1.07 bits per heavy atom. The van der Waals surface area contributed by atoms with Crippen molar-refractivity contribution < 1.29 is 35.5 Å². The largest absolute Gasteiger partial charge is 0.456 e. The molecule has 0 radical (unpaired) electrons. The highest BCUT2D eigenvalue weighted by molar-refractivity contribution is 5.91. The summed E-state index contributed by atoms with van der Waals surface area (Å²) < 4.78 is 82.8. The zero-order valence-electron chi connectivity index (χ0n) is 6.40. The molecule has 0 amide bonds. The van der Waals surface area contributed by atoms with E-state index in [2.05, 4.69) is 0 Å². The molecule has 0 saturated carbocycles. The van der Waals surface area contributed by atoms with E-state index in [1.807, 2.05) is 0 Å². The zero-order chi connectivity index (χ0) is 12.5. The molecule has 0 aromatic carbocycles. The van der Waals surface area contributed by atoms with Crippen LogP contribution in [0.4, 0.5) is 30.7 Å². The number of alkyl halides is 7. The highest BCUT2D eigenvalue weighted by atomic mass is 19.4. The predicted octanol–water partition coefficient (Wildman–Crippen LogP) is 2.66. The lowest BCUT2D eigenvalue weighted by Gasteiger charge is -2.21. The second-order valence-corrected chi connectivity index (χ2v) is 2.13. The predicted molar refractivity (Wildman–Crippen MR) is 30.1 cm³/mol. The van der Waals surface area contributed by atoms with Crippen molar-refractivity contribution in [3.63, 3.8) is 0 Å². The lowest BCUT2D eigenvalue weighted by atomic mass is 10.2. The van der Waals surface area contributed by atoms with E-state index in [1.54, 1.807) is 0 Å². The zero-order valence-corrected chi connectivity index (χ0v) is 6.40. The van der Waals surface area contributed by atoms with E-state index in [4.69, 9.17) is 5.53 Å². The van der Waals surface area contributed by atoms with E-state index in [0.717, 1.165) is 5.11 Å². The number of hydrogen-bond donors (Lipinski definition) is 0. The van der Waals surface area contributed by atoms with Gasteiger partial charge in [-0.3, -0.25) is 4.79 Å². The molecular weight excluding hydrogens is 239 g/mol. The Bertz CT molecular complexity index is 315. The van der Waals surface area contributed by atoms with E-state index in [0.29, 0.717) is 0 Å². The fourth-order valence-electron chi connectivity index (χ4n) is 0.434. The van der Waals surface area contributed by atoms with Crippen LogP contribution in [0.2, 0.25) is 0 Å². The molecule has 0 saturated heterocycles. The molecule has 0 rings (SSSR count). The number of halogens is 7. The molecule has 0 N–H and O–H groups in total. The molecule has 0 bridgehead atoms. The Kier molecular flexibility index (Phi) is 3.21. The van der Waals surface area contributed by atoms with Gasteiger partial charge in [0, 0.05) is 4.91 Å². The van der Waals surface area contributed by atoms with Gasteiger partial charge >= 0.3 is 23.9 Å². The third kappa shape index (κ3) is 2.49. The number of rotatable bonds is 3. The van der Waals surface area contributed by atoms with Crippen LogP contribution in [0.5, 0.6) is 0 Å². The minimum absolute atomic E-state index is 1.14. The molecular formula is C4F7N3O. The van der Waals surface area contributed by atoms with Crippen LogP contribution in [-0.4, -0.2) is 23.9 Å². The fraction of sp³-hybridized carbons (Fsp3) is 0.750. The molecule has 0 aromatic heterocycles. The van der Waals surface area contributed by atoms with Crippen LogP contribution in [0.15, 0.2) is 5.11 Å². The summed E-state index contributed by atoms with van der Waals surface area (Å²) in [4.78, 5) is 11.1. The van der Waals surface area contributed by atoms with Gasteiger partial charge in [-0.05, 0) is 10.6 Å². The monoisotopic (exact) mass is 239 g/mol. The lowest BCUT2D eigenvalue weighted by molar-refractivity contribution is -0.237. The van der Waals surface area contributed by atoms with Crippen LogP contribution < -0.4 is 0 Å².